The van der Waals surface area contributed by atoms with Crippen LogP contribution < -0.4 is 10.6 Å². The molecule has 2 fully saturated rings. The molecular weight excluding hydrogens is 457 g/mol. The Morgan fingerprint density at radius 1 is 1.33 bits per heavy atom. The van der Waals surface area contributed by atoms with Crippen LogP contribution in [0.1, 0.15) is 53.9 Å². The van der Waals surface area contributed by atoms with Crippen molar-refractivity contribution in [1.82, 2.24) is 20.4 Å². The Labute approximate surface area is 181 Å². The number of nitrogens with one attached hydrogen (secondary N) is 2. The third-order valence-corrected chi connectivity index (χ3v) is 4.87. The lowest BCUT2D eigenvalue weighted by Crippen LogP contribution is -2.44. The number of amides is 1. The van der Waals surface area contributed by atoms with Gasteiger partial charge in [0.05, 0.1) is 12.6 Å². The maximum Gasteiger partial charge on any atom is 0.407 e. The molecule has 2 unspecified atom stereocenters. The molecule has 0 aromatic heterocycles. The first-order valence-corrected chi connectivity index (χ1v) is 9.94. The van der Waals surface area contributed by atoms with E-state index in [9.17, 15) is 4.79 Å². The number of carbonyl (C=O) groups excluding carboxylic acids is 1. The third-order valence-electron chi connectivity index (χ3n) is 4.87. The minimum Gasteiger partial charge on any atom is -0.444 e. The van der Waals surface area contributed by atoms with E-state index in [0.717, 1.165) is 44.6 Å². The minimum absolute atomic E-state index is 0. The molecule has 0 bridgehead atoms. The molecule has 0 spiro atoms. The van der Waals surface area contributed by atoms with Gasteiger partial charge in [-0.15, -0.1) is 24.0 Å². The number of halogens is 1. The molecule has 1 amide bonds. The summed E-state index contributed by atoms with van der Waals surface area (Å²) in [5.41, 5.74) is -0.470. The van der Waals surface area contributed by atoms with Gasteiger partial charge in [-0.25, -0.2) is 4.79 Å². The van der Waals surface area contributed by atoms with Crippen LogP contribution in [0.2, 0.25) is 0 Å². The van der Waals surface area contributed by atoms with Crippen LogP contribution in [0.5, 0.6) is 0 Å². The first-order valence-electron chi connectivity index (χ1n) is 9.94. The molecule has 0 aromatic rings. The van der Waals surface area contributed by atoms with Gasteiger partial charge in [-0.2, -0.15) is 0 Å². The lowest BCUT2D eigenvalue weighted by Gasteiger charge is -2.26. The molecule has 158 valence electrons. The van der Waals surface area contributed by atoms with E-state index in [1.165, 1.54) is 12.8 Å². The number of likely N-dealkylation sites (N-methyl/N-ethyl adjacent to an activating group) is 1. The zero-order chi connectivity index (χ0) is 19.3. The lowest BCUT2D eigenvalue weighted by atomic mass is 10.2. The summed E-state index contributed by atoms with van der Waals surface area (Å²) in [5, 5.41) is 6.36. The maximum atomic E-state index is 12.0. The number of ether oxygens (including phenoxy) is 1. The summed E-state index contributed by atoms with van der Waals surface area (Å²) in [6.45, 7) is 13.2. The highest BCUT2D eigenvalue weighted by molar-refractivity contribution is 14.0. The van der Waals surface area contributed by atoms with E-state index in [4.69, 9.17) is 9.73 Å². The van der Waals surface area contributed by atoms with Crippen LogP contribution in [0.25, 0.3) is 0 Å². The van der Waals surface area contributed by atoms with Gasteiger partial charge in [0.25, 0.3) is 0 Å². The van der Waals surface area contributed by atoms with Crippen molar-refractivity contribution >= 4 is 36.0 Å². The summed E-state index contributed by atoms with van der Waals surface area (Å²) in [6.07, 6.45) is 3.19. The van der Waals surface area contributed by atoms with Crippen molar-refractivity contribution in [2.45, 2.75) is 77.6 Å². The van der Waals surface area contributed by atoms with E-state index in [0.29, 0.717) is 6.04 Å². The van der Waals surface area contributed by atoms with Gasteiger partial charge in [0.15, 0.2) is 5.96 Å². The zero-order valence-electron chi connectivity index (χ0n) is 17.7. The van der Waals surface area contributed by atoms with Crippen LogP contribution in [-0.4, -0.2) is 78.8 Å². The first-order chi connectivity index (χ1) is 12.2. The molecule has 2 N–H and O–H groups in total. The Hall–Kier alpha value is -0.770. The van der Waals surface area contributed by atoms with Crippen molar-refractivity contribution in [3.8, 4) is 0 Å². The van der Waals surface area contributed by atoms with Crippen molar-refractivity contribution in [3.05, 3.63) is 0 Å². The van der Waals surface area contributed by atoms with E-state index in [2.05, 4.69) is 41.3 Å². The normalized spacial score (nSPS) is 21.7. The van der Waals surface area contributed by atoms with Crippen molar-refractivity contribution in [2.24, 2.45) is 4.99 Å². The fourth-order valence-corrected chi connectivity index (χ4v) is 3.16. The van der Waals surface area contributed by atoms with Gasteiger partial charge < -0.3 is 20.3 Å². The Balaban J connectivity index is 0.00000364. The fraction of sp³-hybridized carbons (Fsp3) is 0.895. The number of aliphatic imine (C=N–C) groups is 1. The fourth-order valence-electron chi connectivity index (χ4n) is 3.16. The second-order valence-electron chi connectivity index (χ2n) is 8.52. The average molecular weight is 495 g/mol. The van der Waals surface area contributed by atoms with Crippen LogP contribution in [0, 0.1) is 0 Å². The summed E-state index contributed by atoms with van der Waals surface area (Å²) in [7, 11) is 2.20. The topological polar surface area (TPSA) is 69.2 Å². The molecule has 7 nitrogen and oxygen atoms in total. The Morgan fingerprint density at radius 3 is 2.56 bits per heavy atom. The van der Waals surface area contributed by atoms with Gasteiger partial charge in [-0.3, -0.25) is 9.89 Å². The van der Waals surface area contributed by atoms with Crippen LogP contribution >= 0.6 is 24.0 Å². The maximum absolute atomic E-state index is 12.0. The SMILES string of the molecule is CCNC(=NCC(C)N(C)C1CC1)N1CCC(NC(=O)OC(C)(C)C)C1.I. The molecule has 1 saturated carbocycles. The molecule has 0 radical (unpaired) electrons. The predicted octanol–water partition coefficient (Wildman–Crippen LogP) is 2.65. The lowest BCUT2D eigenvalue weighted by molar-refractivity contribution is 0.0507. The largest absolute Gasteiger partial charge is 0.444 e. The first kappa shape index (κ1) is 24.3. The molecule has 0 aromatic carbocycles. The number of nitrogens with zero attached hydrogens (tertiary/aromatic N) is 3. The number of rotatable bonds is 6. The van der Waals surface area contributed by atoms with Gasteiger partial charge in [0.1, 0.15) is 5.60 Å². The van der Waals surface area contributed by atoms with Gasteiger partial charge in [-0.05, 0) is 60.9 Å². The molecule has 2 atom stereocenters. The minimum atomic E-state index is -0.470. The van der Waals surface area contributed by atoms with E-state index in [1.807, 2.05) is 20.8 Å². The molecule has 1 aliphatic carbocycles. The number of hydrogen-bond acceptors (Lipinski definition) is 4. The highest BCUT2D eigenvalue weighted by atomic mass is 127. The van der Waals surface area contributed by atoms with Crippen molar-refractivity contribution in [1.29, 1.82) is 0 Å². The predicted molar refractivity (Wildman–Crippen MR) is 121 cm³/mol. The summed E-state index contributed by atoms with van der Waals surface area (Å²) in [5.74, 6) is 0.942. The van der Waals surface area contributed by atoms with Gasteiger partial charge in [0.2, 0.25) is 0 Å². The van der Waals surface area contributed by atoms with Crippen molar-refractivity contribution in [3.63, 3.8) is 0 Å². The second-order valence-corrected chi connectivity index (χ2v) is 8.52. The summed E-state index contributed by atoms with van der Waals surface area (Å²) in [4.78, 5) is 21.5. The number of carbonyl (C=O) groups is 1. The van der Waals surface area contributed by atoms with Crippen LogP contribution in [-0.2, 0) is 4.74 Å². The van der Waals surface area contributed by atoms with E-state index in [-0.39, 0.29) is 36.1 Å². The zero-order valence-corrected chi connectivity index (χ0v) is 20.1. The van der Waals surface area contributed by atoms with Crippen LogP contribution in [0.15, 0.2) is 4.99 Å². The van der Waals surface area contributed by atoms with Gasteiger partial charge >= 0.3 is 6.09 Å². The molecule has 1 heterocycles. The molecule has 27 heavy (non-hydrogen) atoms. The molecule has 2 rings (SSSR count). The summed E-state index contributed by atoms with van der Waals surface area (Å²) < 4.78 is 5.36. The second kappa shape index (κ2) is 10.7. The highest BCUT2D eigenvalue weighted by Gasteiger charge is 2.30. The Bertz CT molecular complexity index is 505. The van der Waals surface area contributed by atoms with E-state index >= 15 is 0 Å². The molecule has 1 aliphatic heterocycles. The molecular formula is C19H38IN5O2. The quantitative estimate of drug-likeness (QED) is 0.337. The third kappa shape index (κ3) is 8.41. The Kier molecular flexibility index (Phi) is 9.61. The summed E-state index contributed by atoms with van der Waals surface area (Å²) in [6, 6.07) is 1.28. The number of likely N-dealkylation sites (tertiary alicyclic amines) is 1. The smallest absolute Gasteiger partial charge is 0.407 e. The van der Waals surface area contributed by atoms with Crippen molar-refractivity contribution in [2.75, 3.05) is 33.2 Å². The monoisotopic (exact) mass is 495 g/mol. The van der Waals surface area contributed by atoms with Crippen LogP contribution in [0.3, 0.4) is 0 Å². The number of hydrogen-bond donors (Lipinski definition) is 2. The van der Waals surface area contributed by atoms with Crippen molar-refractivity contribution < 1.29 is 9.53 Å². The Morgan fingerprint density at radius 2 is 2.00 bits per heavy atom. The number of alkyl carbamates (subject to hydrolysis) is 1. The van der Waals surface area contributed by atoms with Gasteiger partial charge in [-0.1, -0.05) is 0 Å². The average Bonchev–Trinajstić information content (AvgIpc) is 3.29. The molecule has 2 aliphatic rings. The highest BCUT2D eigenvalue weighted by Crippen LogP contribution is 2.26. The standard InChI is InChI=1S/C19H37N5O2.HI/c1-7-20-17(21-12-14(2)23(6)16-8-9-16)24-11-10-15(13-24)22-18(25)26-19(3,4)5;/h14-16H,7-13H2,1-6H3,(H,20,21)(H,22,25);1H. The number of guanidine groups is 1. The van der Waals surface area contributed by atoms with E-state index < -0.39 is 5.60 Å². The summed E-state index contributed by atoms with van der Waals surface area (Å²) >= 11 is 0. The van der Waals surface area contributed by atoms with Gasteiger partial charge in [0, 0.05) is 31.7 Å². The molecule has 8 heteroatoms. The van der Waals surface area contributed by atoms with E-state index in [1.54, 1.807) is 0 Å². The molecule has 1 saturated heterocycles. The van der Waals surface area contributed by atoms with Crippen LogP contribution in [0.4, 0.5) is 4.79 Å².